The molecule has 606 valence electrons. The van der Waals surface area contributed by atoms with E-state index in [1.165, 1.54) is 41.6 Å². The summed E-state index contributed by atoms with van der Waals surface area (Å²) in [6, 6.07) is 31.5. The van der Waals surface area contributed by atoms with Crippen LogP contribution in [0, 0.1) is 11.6 Å². The van der Waals surface area contributed by atoms with E-state index in [-0.39, 0.29) is 100 Å². The molecule has 0 bridgehead atoms. The van der Waals surface area contributed by atoms with E-state index in [2.05, 4.69) is 144 Å². The zero-order valence-electron chi connectivity index (χ0n) is 64.0. The third-order valence-electron chi connectivity index (χ3n) is 17.0. The van der Waals surface area contributed by atoms with Gasteiger partial charge in [0.1, 0.15) is 84.6 Å². The molecule has 12 heterocycles. The van der Waals surface area contributed by atoms with Gasteiger partial charge in [-0.05, 0) is 111 Å². The Kier molecular flexibility index (Phi) is 27.3. The van der Waals surface area contributed by atoms with E-state index in [1.807, 2.05) is 79.7 Å². The van der Waals surface area contributed by atoms with E-state index in [9.17, 15) is 13.6 Å². The number of rotatable bonds is 29. The highest BCUT2D eigenvalue weighted by Crippen LogP contribution is 2.26. The molecule has 4 aromatic carbocycles. The quantitative estimate of drug-likeness (QED) is 0.0191. The molecule has 2 amide bonds. The van der Waals surface area contributed by atoms with Crippen molar-refractivity contribution in [3.8, 4) is 0 Å². The van der Waals surface area contributed by atoms with Crippen molar-refractivity contribution in [1.82, 2.24) is 125 Å². The number of nitrogens with zero attached hydrogens (tertiary/aromatic N) is 29. The number of primary amides is 1. The lowest BCUT2D eigenvalue weighted by molar-refractivity contribution is 0.0986. The minimum Gasteiger partial charge on any atom is -0.394 e. The number of aromatic nitrogens is 24. The molecule has 0 saturated carbocycles. The third kappa shape index (κ3) is 21.0. The average molecular weight is 1620 g/mol. The van der Waals surface area contributed by atoms with Crippen molar-refractivity contribution < 1.29 is 58.2 Å². The number of amides is 2. The van der Waals surface area contributed by atoms with Gasteiger partial charge in [-0.3, -0.25) is 19.9 Å². The molecular formula is C76H73F2N31O10. The Labute approximate surface area is 670 Å². The fraction of sp³-hybridized carbons (Fsp3) is 0.237. The number of hydrogen-bond donors (Lipinski definition) is 6. The predicted molar refractivity (Wildman–Crippen MR) is 428 cm³/mol. The first-order valence-electron chi connectivity index (χ1n) is 36.4. The summed E-state index contributed by atoms with van der Waals surface area (Å²) >= 11 is 0. The van der Waals surface area contributed by atoms with E-state index in [0.29, 0.717) is 99.1 Å². The second-order valence-corrected chi connectivity index (χ2v) is 25.5. The van der Waals surface area contributed by atoms with Crippen LogP contribution in [-0.2, 0) is 50.4 Å². The number of nitrogens with one attached hydrogen (secondary N) is 1. The number of oxime groups is 5. The molecule has 0 saturated heterocycles. The van der Waals surface area contributed by atoms with Crippen molar-refractivity contribution in [3.63, 3.8) is 0 Å². The van der Waals surface area contributed by atoms with Crippen LogP contribution in [0.25, 0.3) is 88.8 Å². The van der Waals surface area contributed by atoms with Crippen LogP contribution in [0.3, 0.4) is 0 Å². The lowest BCUT2D eigenvalue weighted by atomic mass is 10.1. The Morgan fingerprint density at radius 1 is 0.445 bits per heavy atom. The second-order valence-electron chi connectivity index (χ2n) is 25.5. The average Bonchev–Trinajstić information content (AvgIpc) is 1.76. The number of halogens is 2. The lowest BCUT2D eigenvalue weighted by Gasteiger charge is -2.08. The zero-order chi connectivity index (χ0) is 83.0. The first-order valence-corrected chi connectivity index (χ1v) is 36.4. The molecule has 0 aliphatic heterocycles. The van der Waals surface area contributed by atoms with E-state index in [0.717, 1.165) is 55.0 Å². The number of nitrogens with two attached hydrogens (primary N) is 1. The predicted octanol–water partition coefficient (Wildman–Crippen LogP) is 5.50. The van der Waals surface area contributed by atoms with Crippen LogP contribution in [0.2, 0.25) is 0 Å². The van der Waals surface area contributed by atoms with Crippen molar-refractivity contribution in [1.29, 1.82) is 0 Å². The van der Waals surface area contributed by atoms with Gasteiger partial charge in [-0.1, -0.05) is 77.0 Å². The van der Waals surface area contributed by atoms with Crippen LogP contribution < -0.4 is 11.1 Å². The van der Waals surface area contributed by atoms with Gasteiger partial charge in [0.25, 0.3) is 0 Å². The summed E-state index contributed by atoms with van der Waals surface area (Å²) in [5.74, 6) is -1.45. The molecular weight excluding hydrogens is 1550 g/mol. The van der Waals surface area contributed by atoms with Crippen LogP contribution in [0.1, 0.15) is 78.3 Å². The number of pyridine rings is 4. The Balaban J connectivity index is 0.000000138. The number of aliphatic hydroxyl groups is 4. The first-order chi connectivity index (χ1) is 58.1. The summed E-state index contributed by atoms with van der Waals surface area (Å²) < 4.78 is 35.7. The Morgan fingerprint density at radius 3 is 1.34 bits per heavy atom. The highest BCUT2D eigenvalue weighted by Gasteiger charge is 2.21. The number of hydrogen-bond acceptors (Lipinski definition) is 35. The summed E-state index contributed by atoms with van der Waals surface area (Å²) in [5.41, 5.74) is 19.2. The standard InChI is InChI=1S/C22H24N8O4.C19H19N9O2.C18H15F2N7O2.C17H15N7O2/c1-14(27-33-7-5-31)18-10-17-9-16(3-4-19(17)23-11-18)13-30-22-21(26-29-30)24-12-20(25-22)15(2)28-34-8-6-32;1-12(26-30-8-7-22-19(20)29)16-10-23-17-18(24-16)28(27-25-17)11-13-4-5-15-14(9-13)3-2-6-21-15;1-10(25-29-6-5-28)15-8-22-17-18(23-15)27(26-24-17)9-12-13(19)7-14-11(16(12)20)3-2-4-21-14;25-6-7-26-20-10-14-9-19-16-17(21-14)24(23-22-16)11-12-3-4-15-13(8-12)2-1-5-18-15/h3-4,9-12,31-32H,5-8,13H2,1-2H3;2-6,9-10H,7-8,11H2,1H3,(H3,20,22,29);2-4,7-8,28H,5-6,9H2,1H3;1-5,8-10,25H,6-7,11H2/b27-14+,28-15+;26-12+;25-10+;20-10+. The van der Waals surface area contributed by atoms with Crippen molar-refractivity contribution in [2.75, 3.05) is 66.0 Å². The molecule has 0 fully saturated rings. The molecule has 16 aromatic rings. The Bertz CT molecular complexity index is 6420. The minimum absolute atomic E-state index is 0.0435. The molecule has 0 unspecified atom stereocenters. The molecule has 12 aromatic heterocycles. The van der Waals surface area contributed by atoms with Crippen molar-refractivity contribution in [3.05, 3.63) is 215 Å². The summed E-state index contributed by atoms with van der Waals surface area (Å²) in [4.78, 5) is 87.8. The van der Waals surface area contributed by atoms with Gasteiger partial charge >= 0.3 is 6.03 Å². The molecule has 0 atom stereocenters. The topological polar surface area (TPSA) is 522 Å². The van der Waals surface area contributed by atoms with Gasteiger partial charge in [-0.25, -0.2) is 72.2 Å². The van der Waals surface area contributed by atoms with Crippen molar-refractivity contribution in [2.45, 2.75) is 53.9 Å². The minimum atomic E-state index is -0.739. The number of aliphatic hydroxyl groups excluding tert-OH is 4. The lowest BCUT2D eigenvalue weighted by Crippen LogP contribution is -2.31. The summed E-state index contributed by atoms with van der Waals surface area (Å²) in [6.07, 6.45) is 14.3. The molecule has 16 rings (SSSR count). The number of urea groups is 1. The van der Waals surface area contributed by atoms with E-state index in [1.54, 1.807) is 71.9 Å². The van der Waals surface area contributed by atoms with Crippen LogP contribution in [0.4, 0.5) is 13.6 Å². The molecule has 43 heteroatoms. The normalized spacial score (nSPS) is 12.0. The molecule has 7 N–H and O–H groups in total. The van der Waals surface area contributed by atoms with Gasteiger partial charge in [0.15, 0.2) is 22.6 Å². The number of benzene rings is 4. The van der Waals surface area contributed by atoms with Gasteiger partial charge in [-0.2, -0.15) is 0 Å². The Hall–Kier alpha value is -15.2. The molecule has 0 spiro atoms. The highest BCUT2D eigenvalue weighted by molar-refractivity contribution is 6.01. The zero-order valence-corrected chi connectivity index (χ0v) is 64.0. The van der Waals surface area contributed by atoms with Crippen molar-refractivity contribution in [2.24, 2.45) is 31.5 Å². The maximum atomic E-state index is 14.9. The molecule has 0 aliphatic carbocycles. The SMILES string of the molecule is C/C(=N\OCCNC(N)=O)c1cnc2nnn(Cc3ccc4ncccc4c3)c2n1.C/C(=N\OCCO)c1cnc2ccc(Cn3nnc4ncc(/C(C)=N/OCCO)nc43)cc2c1.C/C(=N\OCCO)c1cnc2nnn(Cc3c(F)cc4ncccc4c3F)c2n1.OCCO/N=C/c1cnc2nnn(Cc3ccc4ncccc4c3)c2n1. The smallest absolute Gasteiger partial charge is 0.312 e. The first kappa shape index (κ1) is 81.8. The fourth-order valence-electron chi connectivity index (χ4n) is 11.3. The van der Waals surface area contributed by atoms with Gasteiger partial charge in [0.2, 0.25) is 22.6 Å². The van der Waals surface area contributed by atoms with Crippen LogP contribution in [0.5, 0.6) is 0 Å². The Morgan fingerprint density at radius 2 is 0.857 bits per heavy atom. The second kappa shape index (κ2) is 39.7. The molecule has 0 aliphatic rings. The van der Waals surface area contributed by atoms with Gasteiger partial charge in [0, 0.05) is 63.5 Å². The fourth-order valence-corrected chi connectivity index (χ4v) is 11.3. The number of carbonyl (C=O) groups excluding carboxylic acids is 1. The van der Waals surface area contributed by atoms with Crippen LogP contribution >= 0.6 is 0 Å². The number of carbonyl (C=O) groups is 1. The summed E-state index contributed by atoms with van der Waals surface area (Å²) in [5, 5.41) is 92.8. The van der Waals surface area contributed by atoms with E-state index < -0.39 is 17.7 Å². The van der Waals surface area contributed by atoms with Gasteiger partial charge in [0.05, 0.1) is 118 Å². The third-order valence-corrected chi connectivity index (χ3v) is 17.0. The highest BCUT2D eigenvalue weighted by atomic mass is 19.1. The van der Waals surface area contributed by atoms with Crippen LogP contribution in [-0.4, -0.2) is 241 Å². The molecule has 41 nitrogen and oxygen atoms in total. The van der Waals surface area contributed by atoms with E-state index >= 15 is 0 Å². The molecule has 119 heavy (non-hydrogen) atoms. The van der Waals surface area contributed by atoms with Crippen LogP contribution in [0.15, 0.2) is 178 Å². The van der Waals surface area contributed by atoms with Gasteiger partial charge < -0.3 is 55.7 Å². The maximum Gasteiger partial charge on any atom is 0.312 e. The number of fused-ring (bicyclic) bond motifs is 8. The van der Waals surface area contributed by atoms with Gasteiger partial charge in [-0.15, -0.1) is 20.4 Å². The molecule has 0 radical (unpaired) electrons. The van der Waals surface area contributed by atoms with E-state index in [4.69, 9.17) is 50.3 Å². The van der Waals surface area contributed by atoms with Crippen molar-refractivity contribution >= 4 is 124 Å². The summed E-state index contributed by atoms with van der Waals surface area (Å²) in [7, 11) is 0. The largest absolute Gasteiger partial charge is 0.394 e. The monoisotopic (exact) mass is 1620 g/mol. The summed E-state index contributed by atoms with van der Waals surface area (Å²) in [6.45, 7) is 8.55. The maximum absolute atomic E-state index is 14.9.